The summed E-state index contributed by atoms with van der Waals surface area (Å²) in [7, 11) is 1.63. The van der Waals surface area contributed by atoms with Gasteiger partial charge in [-0.05, 0) is 42.5 Å². The van der Waals surface area contributed by atoms with Crippen LogP contribution in [0.1, 0.15) is 5.56 Å². The lowest BCUT2D eigenvalue weighted by atomic mass is 10.0. The van der Waals surface area contributed by atoms with Gasteiger partial charge in [0, 0.05) is 23.0 Å². The van der Waals surface area contributed by atoms with E-state index in [-0.39, 0.29) is 0 Å². The van der Waals surface area contributed by atoms with Gasteiger partial charge in [-0.1, -0.05) is 0 Å². The largest absolute Gasteiger partial charge is 0.497 e. The predicted molar refractivity (Wildman–Crippen MR) is 83.9 cm³/mol. The fourth-order valence-corrected chi connectivity index (χ4v) is 2.36. The monoisotopic (exact) mass is 291 g/mol. The van der Waals surface area contributed by atoms with Gasteiger partial charge in [-0.25, -0.2) is 4.98 Å². The molecule has 3 rings (SSSR count). The Bertz CT molecular complexity index is 830. The minimum Gasteiger partial charge on any atom is -0.497 e. The lowest BCUT2D eigenvalue weighted by Crippen LogP contribution is -2.16. The fraction of sp³-hybridized carbons (Fsp3) is 0.0588. The molecule has 0 bridgehead atoms. The van der Waals surface area contributed by atoms with Crippen LogP contribution >= 0.6 is 0 Å². The number of nitrogen functional groups attached to an aromatic ring is 1. The van der Waals surface area contributed by atoms with Crippen LogP contribution in [0.3, 0.4) is 0 Å². The van der Waals surface area contributed by atoms with E-state index in [0.29, 0.717) is 11.4 Å². The first kappa shape index (κ1) is 13.7. The van der Waals surface area contributed by atoms with Crippen molar-refractivity contribution in [2.45, 2.75) is 0 Å². The second-order valence-corrected chi connectivity index (χ2v) is 4.81. The number of ether oxygens (including phenoxy) is 1. The first-order valence-corrected chi connectivity index (χ1v) is 6.77. The number of nitriles is 1. The van der Waals surface area contributed by atoms with Gasteiger partial charge in [-0.15, -0.1) is 0 Å². The van der Waals surface area contributed by atoms with Crippen LogP contribution in [-0.4, -0.2) is 12.1 Å². The van der Waals surface area contributed by atoms with Crippen molar-refractivity contribution in [3.63, 3.8) is 0 Å². The number of hydrogen-bond donors (Lipinski definition) is 2. The Hall–Kier alpha value is -3.26. The van der Waals surface area contributed by atoms with Crippen LogP contribution in [0.4, 0.5) is 5.82 Å². The molecule has 0 aliphatic heterocycles. The third kappa shape index (κ3) is 2.38. The van der Waals surface area contributed by atoms with E-state index in [1.165, 1.54) is 0 Å². The number of pyridine rings is 1. The van der Waals surface area contributed by atoms with Gasteiger partial charge in [0.25, 0.3) is 5.82 Å². The number of nitrogens with zero attached hydrogens (tertiary/aromatic N) is 1. The van der Waals surface area contributed by atoms with Crippen LogP contribution in [0.25, 0.3) is 22.5 Å². The number of anilines is 1. The molecule has 3 aromatic rings. The summed E-state index contributed by atoms with van der Waals surface area (Å²) in [5.41, 5.74) is 9.87. The lowest BCUT2D eigenvalue weighted by molar-refractivity contribution is -0.346. The number of methoxy groups -OCH3 is 1. The molecule has 0 unspecified atom stereocenters. The van der Waals surface area contributed by atoms with E-state index in [2.05, 4.69) is 16.0 Å². The normalized spacial score (nSPS) is 10.2. The molecule has 22 heavy (non-hydrogen) atoms. The third-order valence-electron chi connectivity index (χ3n) is 3.50. The molecular weight excluding hydrogens is 276 g/mol. The minimum atomic E-state index is 0.348. The first-order chi connectivity index (χ1) is 10.7. The number of hydrogen-bond acceptors (Lipinski definition) is 3. The van der Waals surface area contributed by atoms with E-state index in [0.717, 1.165) is 28.3 Å². The molecule has 4 N–H and O–H groups in total. The Kier molecular flexibility index (Phi) is 3.50. The minimum absolute atomic E-state index is 0.348. The van der Waals surface area contributed by atoms with E-state index in [9.17, 15) is 5.26 Å². The molecule has 0 amide bonds. The molecule has 0 aliphatic rings. The molecule has 2 heterocycles. The second-order valence-electron chi connectivity index (χ2n) is 4.81. The Morgan fingerprint density at radius 1 is 1.23 bits per heavy atom. The topological polar surface area (TPSA) is 89.0 Å². The maximum absolute atomic E-state index is 9.35. The van der Waals surface area contributed by atoms with Gasteiger partial charge in [0.15, 0.2) is 0 Å². The summed E-state index contributed by atoms with van der Waals surface area (Å²) in [5, 5.41) is 9.35. The molecule has 1 aromatic carbocycles. The summed E-state index contributed by atoms with van der Waals surface area (Å²) in [6, 6.07) is 15.5. The highest BCUT2D eigenvalue weighted by molar-refractivity contribution is 5.75. The van der Waals surface area contributed by atoms with E-state index < -0.39 is 0 Å². The molecule has 0 aliphatic carbocycles. The van der Waals surface area contributed by atoms with Gasteiger partial charge in [0.2, 0.25) is 0 Å². The Balaban J connectivity index is 2.15. The van der Waals surface area contributed by atoms with Crippen LogP contribution in [0.2, 0.25) is 0 Å². The molecule has 5 heteroatoms. The highest BCUT2D eigenvalue weighted by atomic mass is 16.5. The molecule has 0 saturated carbocycles. The molecule has 5 nitrogen and oxygen atoms in total. The maximum atomic E-state index is 9.35. The van der Waals surface area contributed by atoms with Gasteiger partial charge in [0.05, 0.1) is 7.11 Å². The molecule has 108 valence electrons. The van der Waals surface area contributed by atoms with E-state index in [1.54, 1.807) is 7.11 Å². The number of benzene rings is 1. The molecule has 0 atom stereocenters. The number of nitrogens with one attached hydrogen (secondary N) is 2. The van der Waals surface area contributed by atoms with Gasteiger partial charge in [-0.2, -0.15) is 5.26 Å². The van der Waals surface area contributed by atoms with Crippen molar-refractivity contribution in [1.82, 2.24) is 4.98 Å². The number of aromatic nitrogens is 2. The Morgan fingerprint density at radius 2 is 2.00 bits per heavy atom. The highest BCUT2D eigenvalue weighted by Gasteiger charge is 2.17. The zero-order valence-corrected chi connectivity index (χ0v) is 12.1. The average molecular weight is 291 g/mol. The summed E-state index contributed by atoms with van der Waals surface area (Å²) < 4.78 is 5.16. The number of rotatable bonds is 3. The van der Waals surface area contributed by atoms with Gasteiger partial charge in [0.1, 0.15) is 23.1 Å². The van der Waals surface area contributed by atoms with Crippen molar-refractivity contribution in [3.05, 3.63) is 54.2 Å². The van der Waals surface area contributed by atoms with Gasteiger partial charge in [-0.3, -0.25) is 5.73 Å². The van der Waals surface area contributed by atoms with E-state index in [1.807, 2.05) is 48.7 Å². The Morgan fingerprint density at radius 3 is 2.59 bits per heavy atom. The maximum Gasteiger partial charge on any atom is 0.289 e. The predicted octanol–water partition coefficient (Wildman–Crippen LogP) is 2.63. The summed E-state index contributed by atoms with van der Waals surface area (Å²) in [6.45, 7) is 0. The van der Waals surface area contributed by atoms with Crippen LogP contribution in [0.15, 0.2) is 48.7 Å². The molecule has 2 aromatic heterocycles. The van der Waals surface area contributed by atoms with Crippen LogP contribution in [0.5, 0.6) is 5.75 Å². The fourth-order valence-electron chi connectivity index (χ4n) is 2.36. The smallest absolute Gasteiger partial charge is 0.289 e. The number of aromatic amines is 2. The van der Waals surface area contributed by atoms with Crippen molar-refractivity contribution in [1.29, 1.82) is 5.26 Å². The van der Waals surface area contributed by atoms with Crippen LogP contribution in [0, 0.1) is 11.3 Å². The standard InChI is InChI=1S/C17H14N4O/c1-22-12-6-4-11(5-7-12)16-9-13(15-3-2-8-20-15)14(10-18)17(19)21-16/h2-9,20H,1H3,(H2,19,21)/p+1. The quantitative estimate of drug-likeness (QED) is 0.777. The summed E-state index contributed by atoms with van der Waals surface area (Å²) in [5.74, 6) is 1.13. The van der Waals surface area contributed by atoms with Crippen molar-refractivity contribution >= 4 is 5.82 Å². The molecule has 0 spiro atoms. The van der Waals surface area contributed by atoms with Crippen molar-refractivity contribution in [2.75, 3.05) is 12.8 Å². The summed E-state index contributed by atoms with van der Waals surface area (Å²) >= 11 is 0. The van der Waals surface area contributed by atoms with Gasteiger partial charge < -0.3 is 9.72 Å². The van der Waals surface area contributed by atoms with E-state index in [4.69, 9.17) is 10.5 Å². The van der Waals surface area contributed by atoms with E-state index >= 15 is 0 Å². The van der Waals surface area contributed by atoms with Crippen LogP contribution < -0.4 is 15.5 Å². The number of nitrogens with two attached hydrogens (primary N) is 1. The summed E-state index contributed by atoms with van der Waals surface area (Å²) in [6.07, 6.45) is 1.82. The average Bonchev–Trinajstić information content (AvgIpc) is 3.08. The molecule has 0 fully saturated rings. The highest BCUT2D eigenvalue weighted by Crippen LogP contribution is 2.28. The zero-order chi connectivity index (χ0) is 15.5. The Labute approximate surface area is 128 Å². The van der Waals surface area contributed by atoms with Gasteiger partial charge >= 0.3 is 0 Å². The van der Waals surface area contributed by atoms with Crippen molar-refractivity contribution < 1.29 is 9.72 Å². The molecular formula is C17H15N4O+. The lowest BCUT2D eigenvalue weighted by Gasteiger charge is -2.06. The van der Waals surface area contributed by atoms with Crippen LogP contribution in [-0.2, 0) is 0 Å². The molecule has 0 radical (unpaired) electrons. The summed E-state index contributed by atoms with van der Waals surface area (Å²) in [4.78, 5) is 6.20. The zero-order valence-electron chi connectivity index (χ0n) is 12.1. The van der Waals surface area contributed by atoms with Crippen molar-refractivity contribution in [2.24, 2.45) is 0 Å². The second kappa shape index (κ2) is 5.62. The SMILES string of the molecule is COc1ccc(-c2cc(-c3ccc[nH]3)c(C#N)c(N)[nH+]2)cc1. The third-order valence-corrected chi connectivity index (χ3v) is 3.50. The first-order valence-electron chi connectivity index (χ1n) is 6.77. The number of H-pyrrole nitrogens is 2. The van der Waals surface area contributed by atoms with Crippen molar-refractivity contribution in [3.8, 4) is 34.3 Å². The molecule has 0 saturated heterocycles.